The highest BCUT2D eigenvalue weighted by Gasteiger charge is 2.20. The summed E-state index contributed by atoms with van der Waals surface area (Å²) in [6.07, 6.45) is 4.83. The maximum atomic E-state index is 11.7. The number of nitrogens with zero attached hydrogens (tertiary/aromatic N) is 3. The highest BCUT2D eigenvalue weighted by atomic mass is 16.2. The molecule has 0 bridgehead atoms. The third-order valence-corrected chi connectivity index (χ3v) is 3.31. The van der Waals surface area contributed by atoms with E-state index < -0.39 is 0 Å². The van der Waals surface area contributed by atoms with Crippen molar-refractivity contribution in [1.82, 2.24) is 10.9 Å². The molecule has 6 heteroatoms. The molecule has 21 heavy (non-hydrogen) atoms. The monoisotopic (exact) mass is 287 g/mol. The van der Waals surface area contributed by atoms with Crippen LogP contribution in [0.4, 0.5) is 5.69 Å². The molecule has 1 heterocycles. The Balaban J connectivity index is 1.92. The summed E-state index contributed by atoms with van der Waals surface area (Å²) in [5.74, 6) is -0.203. The zero-order valence-corrected chi connectivity index (χ0v) is 12.2. The molecule has 0 aromatic heterocycles. The van der Waals surface area contributed by atoms with Gasteiger partial charge in [0.15, 0.2) is 0 Å². The number of carbonyl (C=O) groups is 1. The molecule has 0 spiro atoms. The van der Waals surface area contributed by atoms with Crippen LogP contribution in [0.2, 0.25) is 0 Å². The zero-order chi connectivity index (χ0) is 15.1. The number of rotatable bonds is 7. The molecule has 0 aliphatic carbocycles. The average molecular weight is 287 g/mol. The van der Waals surface area contributed by atoms with Gasteiger partial charge in [0.2, 0.25) is 0 Å². The van der Waals surface area contributed by atoms with Crippen molar-refractivity contribution in [2.24, 2.45) is 10.3 Å². The second-order valence-corrected chi connectivity index (χ2v) is 4.93. The lowest BCUT2D eigenvalue weighted by atomic mass is 10.1. The van der Waals surface area contributed by atoms with Crippen molar-refractivity contribution in [2.45, 2.75) is 32.2 Å². The SMILES string of the molecule is C=CNNC(=O)c1ccc(N2CC(CCCC)N=N2)cc1. The van der Waals surface area contributed by atoms with E-state index in [1.165, 1.54) is 19.0 Å². The second-order valence-electron chi connectivity index (χ2n) is 4.93. The topological polar surface area (TPSA) is 69.1 Å². The molecule has 1 aromatic rings. The van der Waals surface area contributed by atoms with Crippen molar-refractivity contribution in [3.63, 3.8) is 0 Å². The lowest BCUT2D eigenvalue weighted by Gasteiger charge is -2.14. The molecule has 0 fully saturated rings. The van der Waals surface area contributed by atoms with E-state index >= 15 is 0 Å². The minimum Gasteiger partial charge on any atom is -0.306 e. The summed E-state index contributed by atoms with van der Waals surface area (Å²) in [4.78, 5) is 11.7. The summed E-state index contributed by atoms with van der Waals surface area (Å²) < 4.78 is 0. The third kappa shape index (κ3) is 4.05. The van der Waals surface area contributed by atoms with Gasteiger partial charge in [-0.3, -0.25) is 10.2 Å². The number of anilines is 1. The van der Waals surface area contributed by atoms with E-state index in [4.69, 9.17) is 0 Å². The number of hydrogen-bond acceptors (Lipinski definition) is 5. The Bertz CT molecular complexity index is 511. The van der Waals surface area contributed by atoms with Crippen LogP contribution in [0, 0.1) is 0 Å². The van der Waals surface area contributed by atoms with Crippen LogP contribution in [-0.4, -0.2) is 18.5 Å². The van der Waals surface area contributed by atoms with Crippen molar-refractivity contribution in [1.29, 1.82) is 0 Å². The highest BCUT2D eigenvalue weighted by Crippen LogP contribution is 2.22. The van der Waals surface area contributed by atoms with E-state index in [0.29, 0.717) is 5.56 Å². The van der Waals surface area contributed by atoms with Crippen LogP contribution in [-0.2, 0) is 0 Å². The maximum Gasteiger partial charge on any atom is 0.269 e. The van der Waals surface area contributed by atoms with E-state index in [1.807, 2.05) is 17.1 Å². The third-order valence-electron chi connectivity index (χ3n) is 3.31. The molecule has 0 saturated heterocycles. The van der Waals surface area contributed by atoms with Crippen molar-refractivity contribution in [3.05, 3.63) is 42.6 Å². The fourth-order valence-corrected chi connectivity index (χ4v) is 2.13. The predicted molar refractivity (Wildman–Crippen MR) is 82.8 cm³/mol. The molecule has 1 aliphatic heterocycles. The molecule has 1 atom stereocenters. The van der Waals surface area contributed by atoms with Gasteiger partial charge in [-0.2, -0.15) is 5.11 Å². The van der Waals surface area contributed by atoms with Gasteiger partial charge in [0.25, 0.3) is 5.91 Å². The largest absolute Gasteiger partial charge is 0.306 e. The molecule has 6 nitrogen and oxygen atoms in total. The summed E-state index contributed by atoms with van der Waals surface area (Å²) in [5.41, 5.74) is 6.59. The van der Waals surface area contributed by atoms with Crippen molar-refractivity contribution < 1.29 is 4.79 Å². The molecular formula is C15H21N5O. The van der Waals surface area contributed by atoms with Gasteiger partial charge in [-0.15, -0.1) is 0 Å². The minimum absolute atomic E-state index is 0.203. The number of unbranched alkanes of at least 4 members (excludes halogenated alkanes) is 1. The smallest absolute Gasteiger partial charge is 0.269 e. The van der Waals surface area contributed by atoms with E-state index in [0.717, 1.165) is 18.7 Å². The Hall–Kier alpha value is -2.37. The van der Waals surface area contributed by atoms with Gasteiger partial charge < -0.3 is 5.43 Å². The van der Waals surface area contributed by atoms with Crippen molar-refractivity contribution in [3.8, 4) is 0 Å². The van der Waals surface area contributed by atoms with Gasteiger partial charge in [-0.1, -0.05) is 31.6 Å². The van der Waals surface area contributed by atoms with Gasteiger partial charge in [0, 0.05) is 11.8 Å². The lowest BCUT2D eigenvalue weighted by Crippen LogP contribution is -2.33. The molecule has 1 unspecified atom stereocenters. The van der Waals surface area contributed by atoms with E-state index in [9.17, 15) is 4.79 Å². The Morgan fingerprint density at radius 3 is 2.90 bits per heavy atom. The van der Waals surface area contributed by atoms with E-state index in [1.54, 1.807) is 12.1 Å². The molecule has 1 aromatic carbocycles. The first-order valence-electron chi connectivity index (χ1n) is 7.19. The second kappa shape index (κ2) is 7.42. The summed E-state index contributed by atoms with van der Waals surface area (Å²) in [6.45, 7) is 6.45. The fourth-order valence-electron chi connectivity index (χ4n) is 2.13. The number of amides is 1. The summed E-state index contributed by atoms with van der Waals surface area (Å²) in [7, 11) is 0. The van der Waals surface area contributed by atoms with Crippen LogP contribution < -0.4 is 15.9 Å². The summed E-state index contributed by atoms with van der Waals surface area (Å²) in [6, 6.07) is 7.58. The first kappa shape index (κ1) is 15.0. The fraction of sp³-hybridized carbons (Fsp3) is 0.400. The summed E-state index contributed by atoms with van der Waals surface area (Å²) in [5, 5.41) is 10.4. The van der Waals surface area contributed by atoms with Crippen LogP contribution in [0.15, 0.2) is 47.4 Å². The van der Waals surface area contributed by atoms with Gasteiger partial charge >= 0.3 is 0 Å². The molecule has 0 radical (unpaired) electrons. The molecule has 1 amide bonds. The zero-order valence-electron chi connectivity index (χ0n) is 12.2. The number of hydrazine groups is 1. The van der Waals surface area contributed by atoms with Crippen LogP contribution in [0.25, 0.3) is 0 Å². The number of benzene rings is 1. The Morgan fingerprint density at radius 1 is 1.48 bits per heavy atom. The van der Waals surface area contributed by atoms with Gasteiger partial charge in [0.05, 0.1) is 18.3 Å². The molecule has 2 rings (SSSR count). The highest BCUT2D eigenvalue weighted by molar-refractivity contribution is 5.94. The molecule has 2 N–H and O–H groups in total. The Labute approximate surface area is 124 Å². The number of carbonyl (C=O) groups excluding carboxylic acids is 1. The predicted octanol–water partition coefficient (Wildman–Crippen LogP) is 2.81. The van der Waals surface area contributed by atoms with Gasteiger partial charge in [-0.05, 0) is 30.7 Å². The quantitative estimate of drug-likeness (QED) is 0.758. The molecule has 112 valence electrons. The van der Waals surface area contributed by atoms with Crippen molar-refractivity contribution in [2.75, 3.05) is 11.6 Å². The molecule has 0 saturated carbocycles. The number of nitrogens with one attached hydrogen (secondary N) is 2. The van der Waals surface area contributed by atoms with Gasteiger partial charge in [-0.25, -0.2) is 5.01 Å². The van der Waals surface area contributed by atoms with Crippen LogP contribution in [0.3, 0.4) is 0 Å². The van der Waals surface area contributed by atoms with E-state index in [-0.39, 0.29) is 11.9 Å². The standard InChI is InChI=1S/C15H21N5O/c1-3-5-6-13-11-20(19-17-13)14-9-7-12(8-10-14)15(21)18-16-4-2/h4,7-10,13,16H,2-3,5-6,11H2,1H3,(H,18,21). The van der Waals surface area contributed by atoms with Crippen LogP contribution in [0.1, 0.15) is 36.5 Å². The minimum atomic E-state index is -0.203. The van der Waals surface area contributed by atoms with Gasteiger partial charge in [0.1, 0.15) is 0 Å². The van der Waals surface area contributed by atoms with E-state index in [2.05, 4.69) is 34.7 Å². The number of hydrogen-bond donors (Lipinski definition) is 2. The first-order chi connectivity index (χ1) is 10.2. The first-order valence-corrected chi connectivity index (χ1v) is 7.19. The molecule has 1 aliphatic rings. The normalized spacial score (nSPS) is 16.8. The summed E-state index contributed by atoms with van der Waals surface area (Å²) >= 11 is 0. The Kier molecular flexibility index (Phi) is 5.31. The average Bonchev–Trinajstić information content (AvgIpc) is 2.99. The van der Waals surface area contributed by atoms with Crippen LogP contribution in [0.5, 0.6) is 0 Å². The van der Waals surface area contributed by atoms with Crippen molar-refractivity contribution >= 4 is 11.6 Å². The lowest BCUT2D eigenvalue weighted by molar-refractivity contribution is 0.0941. The molecular weight excluding hydrogens is 266 g/mol. The van der Waals surface area contributed by atoms with Crippen LogP contribution >= 0.6 is 0 Å². The Morgan fingerprint density at radius 2 is 2.24 bits per heavy atom. The maximum absolute atomic E-state index is 11.7.